The molecule has 0 aromatic heterocycles. The number of aromatic hydroxyl groups is 1. The van der Waals surface area contributed by atoms with Gasteiger partial charge in [-0.05, 0) is 30.3 Å². The predicted molar refractivity (Wildman–Crippen MR) is 64.2 cm³/mol. The van der Waals surface area contributed by atoms with E-state index in [1.807, 2.05) is 6.07 Å². The monoisotopic (exact) mass is 239 g/mol. The summed E-state index contributed by atoms with van der Waals surface area (Å²) < 4.78 is 5.11. The highest BCUT2D eigenvalue weighted by atomic mass is 16.5. The Morgan fingerprint density at radius 2 is 1.89 bits per heavy atom. The maximum Gasteiger partial charge on any atom is 0.343 e. The van der Waals surface area contributed by atoms with Crippen LogP contribution in [-0.2, 0) is 0 Å². The number of benzene rings is 2. The zero-order chi connectivity index (χ0) is 13.0. The van der Waals surface area contributed by atoms with Crippen LogP contribution in [0.1, 0.15) is 15.9 Å². The molecule has 0 unspecified atom stereocenters. The van der Waals surface area contributed by atoms with E-state index in [-0.39, 0.29) is 16.9 Å². The molecule has 2 rings (SSSR count). The fraction of sp³-hybridized carbons (Fsp3) is 0. The van der Waals surface area contributed by atoms with Crippen LogP contribution in [0, 0.1) is 11.3 Å². The van der Waals surface area contributed by atoms with E-state index in [9.17, 15) is 9.90 Å². The smallest absolute Gasteiger partial charge is 0.343 e. The number of hydrogen-bond donors (Lipinski definition) is 1. The van der Waals surface area contributed by atoms with E-state index in [0.717, 1.165) is 0 Å². The zero-order valence-corrected chi connectivity index (χ0v) is 9.33. The van der Waals surface area contributed by atoms with Gasteiger partial charge in [-0.1, -0.05) is 18.2 Å². The Balaban J connectivity index is 2.22. The van der Waals surface area contributed by atoms with Crippen molar-refractivity contribution in [3.8, 4) is 17.6 Å². The van der Waals surface area contributed by atoms with Crippen molar-refractivity contribution < 1.29 is 14.6 Å². The molecule has 0 fully saturated rings. The Morgan fingerprint density at radius 1 is 1.17 bits per heavy atom. The van der Waals surface area contributed by atoms with Gasteiger partial charge in [-0.15, -0.1) is 0 Å². The van der Waals surface area contributed by atoms with Gasteiger partial charge in [-0.3, -0.25) is 0 Å². The van der Waals surface area contributed by atoms with E-state index in [2.05, 4.69) is 0 Å². The average molecular weight is 239 g/mol. The van der Waals surface area contributed by atoms with Crippen LogP contribution >= 0.6 is 0 Å². The van der Waals surface area contributed by atoms with Gasteiger partial charge in [0.2, 0.25) is 0 Å². The summed E-state index contributed by atoms with van der Waals surface area (Å²) in [6, 6.07) is 14.4. The van der Waals surface area contributed by atoms with Gasteiger partial charge in [0.15, 0.2) is 0 Å². The van der Waals surface area contributed by atoms with E-state index in [1.165, 1.54) is 18.2 Å². The number of para-hydroxylation sites is 1. The van der Waals surface area contributed by atoms with Crippen molar-refractivity contribution in [2.75, 3.05) is 0 Å². The summed E-state index contributed by atoms with van der Waals surface area (Å²) in [7, 11) is 0. The maximum atomic E-state index is 11.8. The molecule has 0 heterocycles. The lowest BCUT2D eigenvalue weighted by Crippen LogP contribution is -2.08. The van der Waals surface area contributed by atoms with Gasteiger partial charge in [0.05, 0.1) is 11.1 Å². The number of nitriles is 1. The number of carbonyl (C=O) groups is 1. The first-order chi connectivity index (χ1) is 8.70. The number of carbonyl (C=O) groups excluding carboxylic acids is 1. The van der Waals surface area contributed by atoms with E-state index >= 15 is 0 Å². The standard InChI is InChI=1S/C14H9NO3/c15-9-11-8-10(6-7-13(11)16)14(17)18-12-4-2-1-3-5-12/h1-8,16H. The SMILES string of the molecule is N#Cc1cc(C(=O)Oc2ccccc2)ccc1O. The van der Waals surface area contributed by atoms with Gasteiger partial charge in [0.25, 0.3) is 0 Å². The van der Waals surface area contributed by atoms with Crippen molar-refractivity contribution >= 4 is 5.97 Å². The van der Waals surface area contributed by atoms with E-state index in [1.54, 1.807) is 30.3 Å². The highest BCUT2D eigenvalue weighted by Crippen LogP contribution is 2.19. The van der Waals surface area contributed by atoms with Crippen LogP contribution in [0.5, 0.6) is 11.5 Å². The summed E-state index contributed by atoms with van der Waals surface area (Å²) >= 11 is 0. The molecule has 0 aliphatic rings. The second-order valence-corrected chi connectivity index (χ2v) is 3.55. The van der Waals surface area contributed by atoms with Crippen molar-refractivity contribution in [1.82, 2.24) is 0 Å². The first-order valence-electron chi connectivity index (χ1n) is 5.21. The molecule has 0 amide bonds. The largest absolute Gasteiger partial charge is 0.507 e. The summed E-state index contributed by atoms with van der Waals surface area (Å²) in [5.74, 6) is -0.305. The molecule has 18 heavy (non-hydrogen) atoms. The van der Waals surface area contributed by atoms with Gasteiger partial charge in [-0.25, -0.2) is 4.79 Å². The zero-order valence-electron chi connectivity index (χ0n) is 9.33. The number of phenolic OH excluding ortho intramolecular Hbond substituents is 1. The summed E-state index contributed by atoms with van der Waals surface area (Å²) in [4.78, 5) is 11.8. The summed E-state index contributed by atoms with van der Waals surface area (Å²) in [6.07, 6.45) is 0. The molecule has 0 atom stereocenters. The molecule has 0 aliphatic carbocycles. The molecule has 0 radical (unpaired) electrons. The molecule has 1 N–H and O–H groups in total. The third kappa shape index (κ3) is 2.47. The summed E-state index contributed by atoms with van der Waals surface area (Å²) in [5, 5.41) is 18.1. The second kappa shape index (κ2) is 5.02. The number of rotatable bonds is 2. The van der Waals surface area contributed by atoms with Crippen LogP contribution in [0.15, 0.2) is 48.5 Å². The molecule has 0 spiro atoms. The van der Waals surface area contributed by atoms with Crippen molar-refractivity contribution in [3.63, 3.8) is 0 Å². The molecule has 0 aliphatic heterocycles. The highest BCUT2D eigenvalue weighted by Gasteiger charge is 2.11. The first kappa shape index (κ1) is 11.7. The molecular weight excluding hydrogens is 230 g/mol. The van der Waals surface area contributed by atoms with Gasteiger partial charge in [0, 0.05) is 0 Å². The van der Waals surface area contributed by atoms with E-state index in [4.69, 9.17) is 10.00 Å². The van der Waals surface area contributed by atoms with Crippen LogP contribution in [0.3, 0.4) is 0 Å². The lowest BCUT2D eigenvalue weighted by Gasteiger charge is -2.04. The fourth-order valence-electron chi connectivity index (χ4n) is 1.41. The number of esters is 1. The van der Waals surface area contributed by atoms with Gasteiger partial charge < -0.3 is 9.84 Å². The molecular formula is C14H9NO3. The average Bonchev–Trinajstić information content (AvgIpc) is 2.40. The van der Waals surface area contributed by atoms with Crippen molar-refractivity contribution in [1.29, 1.82) is 5.26 Å². The van der Waals surface area contributed by atoms with E-state index < -0.39 is 5.97 Å². The highest BCUT2D eigenvalue weighted by molar-refractivity contribution is 5.91. The minimum Gasteiger partial charge on any atom is -0.507 e. The molecule has 2 aromatic carbocycles. The predicted octanol–water partition coefficient (Wildman–Crippen LogP) is 2.48. The van der Waals surface area contributed by atoms with Crippen molar-refractivity contribution in [2.24, 2.45) is 0 Å². The Bertz CT molecular complexity index is 615. The van der Waals surface area contributed by atoms with Gasteiger partial charge in [0.1, 0.15) is 17.6 Å². The Labute approximate surface area is 104 Å². The Hall–Kier alpha value is -2.80. The second-order valence-electron chi connectivity index (χ2n) is 3.55. The summed E-state index contributed by atoms with van der Waals surface area (Å²) in [6.45, 7) is 0. The molecule has 0 saturated carbocycles. The quantitative estimate of drug-likeness (QED) is 0.645. The molecule has 88 valence electrons. The summed E-state index contributed by atoms with van der Waals surface area (Å²) in [5.41, 5.74) is 0.255. The normalized spacial score (nSPS) is 9.50. The van der Waals surface area contributed by atoms with Crippen LogP contribution in [0.2, 0.25) is 0 Å². The van der Waals surface area contributed by atoms with Gasteiger partial charge in [-0.2, -0.15) is 5.26 Å². The van der Waals surface area contributed by atoms with Crippen molar-refractivity contribution in [3.05, 3.63) is 59.7 Å². The topological polar surface area (TPSA) is 70.3 Å². The number of nitrogens with zero attached hydrogens (tertiary/aromatic N) is 1. The number of phenols is 1. The molecule has 0 bridgehead atoms. The first-order valence-corrected chi connectivity index (χ1v) is 5.21. The van der Waals surface area contributed by atoms with Crippen LogP contribution < -0.4 is 4.74 Å². The maximum absolute atomic E-state index is 11.8. The Morgan fingerprint density at radius 3 is 2.56 bits per heavy atom. The Kier molecular flexibility index (Phi) is 3.26. The lowest BCUT2D eigenvalue weighted by atomic mass is 10.1. The fourth-order valence-corrected chi connectivity index (χ4v) is 1.41. The van der Waals surface area contributed by atoms with Crippen LogP contribution in [0.4, 0.5) is 0 Å². The van der Waals surface area contributed by atoms with Crippen LogP contribution in [-0.4, -0.2) is 11.1 Å². The van der Waals surface area contributed by atoms with Gasteiger partial charge >= 0.3 is 5.97 Å². The molecule has 2 aromatic rings. The minimum absolute atomic E-state index is 0.0394. The van der Waals surface area contributed by atoms with Crippen molar-refractivity contribution in [2.45, 2.75) is 0 Å². The lowest BCUT2D eigenvalue weighted by molar-refractivity contribution is 0.0734. The number of hydrogen-bond acceptors (Lipinski definition) is 4. The molecule has 0 saturated heterocycles. The van der Waals surface area contributed by atoms with E-state index in [0.29, 0.717) is 5.75 Å². The number of ether oxygens (including phenoxy) is 1. The molecule has 4 nitrogen and oxygen atoms in total. The van der Waals surface area contributed by atoms with Crippen LogP contribution in [0.25, 0.3) is 0 Å². The third-order valence-corrected chi connectivity index (χ3v) is 2.31. The third-order valence-electron chi connectivity index (χ3n) is 2.31. The minimum atomic E-state index is -0.572. The molecule has 4 heteroatoms.